The number of morpholine rings is 1. The molecule has 0 aromatic heterocycles. The molecule has 0 saturated carbocycles. The maximum atomic E-state index is 5.99. The highest BCUT2D eigenvalue weighted by molar-refractivity contribution is 6.30. The van der Waals surface area contributed by atoms with Gasteiger partial charge in [0, 0.05) is 37.2 Å². The predicted octanol–water partition coefficient (Wildman–Crippen LogP) is 2.32. The molecule has 1 aliphatic heterocycles. The zero-order valence-electron chi connectivity index (χ0n) is 10.9. The van der Waals surface area contributed by atoms with Crippen molar-refractivity contribution in [1.29, 1.82) is 0 Å². The molecule has 1 saturated heterocycles. The molecule has 18 heavy (non-hydrogen) atoms. The number of hydrogen-bond acceptors (Lipinski definition) is 3. The molecule has 1 fully saturated rings. The van der Waals surface area contributed by atoms with Gasteiger partial charge in [0.05, 0.1) is 13.2 Å². The third-order valence-corrected chi connectivity index (χ3v) is 3.57. The van der Waals surface area contributed by atoms with Gasteiger partial charge in [-0.2, -0.15) is 0 Å². The molecule has 1 unspecified atom stereocenters. The van der Waals surface area contributed by atoms with Gasteiger partial charge >= 0.3 is 0 Å². The SMILES string of the molecule is CC(NCCN1CCOCC1)c1cccc(Cl)c1. The summed E-state index contributed by atoms with van der Waals surface area (Å²) in [4.78, 5) is 2.43. The molecule has 1 heterocycles. The van der Waals surface area contributed by atoms with Crippen molar-refractivity contribution in [1.82, 2.24) is 10.2 Å². The average Bonchev–Trinajstić information content (AvgIpc) is 2.40. The summed E-state index contributed by atoms with van der Waals surface area (Å²) >= 11 is 5.99. The molecule has 0 spiro atoms. The molecule has 2 rings (SSSR count). The topological polar surface area (TPSA) is 24.5 Å². The third kappa shape index (κ3) is 4.25. The van der Waals surface area contributed by atoms with E-state index >= 15 is 0 Å². The Bertz CT molecular complexity index is 367. The standard InChI is InChI=1S/C14H21ClN2O/c1-12(13-3-2-4-14(15)11-13)16-5-6-17-7-9-18-10-8-17/h2-4,11-12,16H,5-10H2,1H3. The van der Waals surface area contributed by atoms with Crippen LogP contribution >= 0.6 is 11.6 Å². The fraction of sp³-hybridized carbons (Fsp3) is 0.571. The molecule has 0 bridgehead atoms. The normalized spacial score (nSPS) is 18.8. The molecule has 4 heteroatoms. The summed E-state index contributed by atoms with van der Waals surface area (Å²) in [5.74, 6) is 0. The third-order valence-electron chi connectivity index (χ3n) is 3.33. The van der Waals surface area contributed by atoms with Gasteiger partial charge in [0.25, 0.3) is 0 Å². The van der Waals surface area contributed by atoms with Crippen molar-refractivity contribution in [2.75, 3.05) is 39.4 Å². The van der Waals surface area contributed by atoms with Crippen LogP contribution in [0, 0.1) is 0 Å². The van der Waals surface area contributed by atoms with E-state index in [0.717, 1.165) is 44.4 Å². The first kappa shape index (κ1) is 13.8. The van der Waals surface area contributed by atoms with E-state index in [1.165, 1.54) is 5.56 Å². The summed E-state index contributed by atoms with van der Waals surface area (Å²) in [6.45, 7) is 8.07. The van der Waals surface area contributed by atoms with E-state index in [1.807, 2.05) is 18.2 Å². The van der Waals surface area contributed by atoms with E-state index in [9.17, 15) is 0 Å². The Labute approximate surface area is 114 Å². The minimum atomic E-state index is 0.338. The van der Waals surface area contributed by atoms with Gasteiger partial charge in [0.15, 0.2) is 0 Å². The second kappa shape index (κ2) is 7.10. The molecule has 0 aliphatic carbocycles. The molecule has 1 aliphatic rings. The van der Waals surface area contributed by atoms with Crippen molar-refractivity contribution in [2.45, 2.75) is 13.0 Å². The smallest absolute Gasteiger partial charge is 0.0594 e. The first-order valence-corrected chi connectivity index (χ1v) is 6.92. The van der Waals surface area contributed by atoms with Gasteiger partial charge in [-0.15, -0.1) is 0 Å². The van der Waals surface area contributed by atoms with E-state index < -0.39 is 0 Å². The van der Waals surface area contributed by atoms with E-state index in [0.29, 0.717) is 6.04 Å². The van der Waals surface area contributed by atoms with Crippen LogP contribution in [-0.4, -0.2) is 44.3 Å². The maximum absolute atomic E-state index is 5.99. The van der Waals surface area contributed by atoms with Crippen LogP contribution in [0.5, 0.6) is 0 Å². The second-order valence-electron chi connectivity index (χ2n) is 4.68. The first-order valence-electron chi connectivity index (χ1n) is 6.54. The quantitative estimate of drug-likeness (QED) is 0.887. The summed E-state index contributed by atoms with van der Waals surface area (Å²) in [5.41, 5.74) is 1.24. The molecule has 1 N–H and O–H groups in total. The summed E-state index contributed by atoms with van der Waals surface area (Å²) < 4.78 is 5.33. The number of benzene rings is 1. The minimum Gasteiger partial charge on any atom is -0.379 e. The van der Waals surface area contributed by atoms with Gasteiger partial charge in [-0.3, -0.25) is 4.90 Å². The number of rotatable bonds is 5. The van der Waals surface area contributed by atoms with Gasteiger partial charge in [-0.05, 0) is 24.6 Å². The summed E-state index contributed by atoms with van der Waals surface area (Å²) in [7, 11) is 0. The fourth-order valence-corrected chi connectivity index (χ4v) is 2.36. The zero-order valence-corrected chi connectivity index (χ0v) is 11.6. The lowest BCUT2D eigenvalue weighted by Gasteiger charge is -2.27. The fourth-order valence-electron chi connectivity index (χ4n) is 2.16. The summed E-state index contributed by atoms with van der Waals surface area (Å²) in [6.07, 6.45) is 0. The number of hydrogen-bond donors (Lipinski definition) is 1. The average molecular weight is 269 g/mol. The largest absolute Gasteiger partial charge is 0.379 e. The van der Waals surface area contributed by atoms with Crippen LogP contribution in [0.2, 0.25) is 5.02 Å². The van der Waals surface area contributed by atoms with Crippen LogP contribution in [-0.2, 0) is 4.74 Å². The monoisotopic (exact) mass is 268 g/mol. The molecule has 0 amide bonds. The van der Waals surface area contributed by atoms with E-state index in [4.69, 9.17) is 16.3 Å². The molecule has 3 nitrogen and oxygen atoms in total. The number of nitrogens with one attached hydrogen (secondary N) is 1. The van der Waals surface area contributed by atoms with Gasteiger partial charge in [-0.1, -0.05) is 23.7 Å². The summed E-state index contributed by atoms with van der Waals surface area (Å²) in [6, 6.07) is 8.37. The Morgan fingerprint density at radius 2 is 2.17 bits per heavy atom. The highest BCUT2D eigenvalue weighted by Gasteiger charge is 2.10. The number of nitrogens with zero attached hydrogens (tertiary/aromatic N) is 1. The predicted molar refractivity (Wildman–Crippen MR) is 75.1 cm³/mol. The van der Waals surface area contributed by atoms with Crippen molar-refractivity contribution >= 4 is 11.6 Å². The van der Waals surface area contributed by atoms with Gasteiger partial charge in [-0.25, -0.2) is 0 Å². The Balaban J connectivity index is 1.72. The van der Waals surface area contributed by atoms with Crippen molar-refractivity contribution < 1.29 is 4.74 Å². The molecular formula is C14H21ClN2O. The van der Waals surface area contributed by atoms with E-state index in [-0.39, 0.29) is 0 Å². The van der Waals surface area contributed by atoms with E-state index in [1.54, 1.807) is 0 Å². The van der Waals surface area contributed by atoms with Crippen LogP contribution in [0.25, 0.3) is 0 Å². The van der Waals surface area contributed by atoms with Crippen molar-refractivity contribution in [3.05, 3.63) is 34.9 Å². The van der Waals surface area contributed by atoms with Gasteiger partial charge < -0.3 is 10.1 Å². The van der Waals surface area contributed by atoms with Gasteiger partial charge in [0.2, 0.25) is 0 Å². The zero-order chi connectivity index (χ0) is 12.8. The van der Waals surface area contributed by atoms with E-state index in [2.05, 4.69) is 23.2 Å². The Morgan fingerprint density at radius 3 is 2.89 bits per heavy atom. The lowest BCUT2D eigenvalue weighted by atomic mass is 10.1. The number of ether oxygens (including phenoxy) is 1. The highest BCUT2D eigenvalue weighted by atomic mass is 35.5. The van der Waals surface area contributed by atoms with Crippen molar-refractivity contribution in [2.24, 2.45) is 0 Å². The molecule has 1 aromatic carbocycles. The van der Waals surface area contributed by atoms with Crippen LogP contribution < -0.4 is 5.32 Å². The molecule has 0 radical (unpaired) electrons. The molecule has 100 valence electrons. The molecular weight excluding hydrogens is 248 g/mol. The molecule has 1 aromatic rings. The molecule has 1 atom stereocenters. The van der Waals surface area contributed by atoms with Gasteiger partial charge in [0.1, 0.15) is 0 Å². The lowest BCUT2D eigenvalue weighted by Crippen LogP contribution is -2.40. The minimum absolute atomic E-state index is 0.338. The van der Waals surface area contributed by atoms with Crippen molar-refractivity contribution in [3.8, 4) is 0 Å². The Hall–Kier alpha value is -0.610. The van der Waals surface area contributed by atoms with Crippen molar-refractivity contribution in [3.63, 3.8) is 0 Å². The van der Waals surface area contributed by atoms with Crippen LogP contribution in [0.4, 0.5) is 0 Å². The van der Waals surface area contributed by atoms with Crippen LogP contribution in [0.1, 0.15) is 18.5 Å². The number of halogens is 1. The van der Waals surface area contributed by atoms with Crippen LogP contribution in [0.15, 0.2) is 24.3 Å². The second-order valence-corrected chi connectivity index (χ2v) is 5.12. The Morgan fingerprint density at radius 1 is 1.39 bits per heavy atom. The summed E-state index contributed by atoms with van der Waals surface area (Å²) in [5, 5.41) is 4.33. The maximum Gasteiger partial charge on any atom is 0.0594 e. The lowest BCUT2D eigenvalue weighted by molar-refractivity contribution is 0.0382. The Kier molecular flexibility index (Phi) is 5.45. The highest BCUT2D eigenvalue weighted by Crippen LogP contribution is 2.16. The first-order chi connectivity index (χ1) is 8.75. The van der Waals surface area contributed by atoms with Crippen LogP contribution in [0.3, 0.4) is 0 Å².